The monoisotopic (exact) mass is 341 g/mol. The third kappa shape index (κ3) is 3.84. The summed E-state index contributed by atoms with van der Waals surface area (Å²) in [6, 6.07) is 3.69. The molecule has 1 aromatic rings. The van der Waals surface area contributed by atoms with E-state index >= 15 is 0 Å². The zero-order valence-corrected chi connectivity index (χ0v) is 11.8. The van der Waals surface area contributed by atoms with E-state index in [4.69, 9.17) is 0 Å². The predicted octanol–water partition coefficient (Wildman–Crippen LogP) is 3.01. The van der Waals surface area contributed by atoms with Crippen LogP contribution in [0.1, 0.15) is 18.9 Å². The van der Waals surface area contributed by atoms with Gasteiger partial charge in [-0.05, 0) is 24.6 Å². The van der Waals surface area contributed by atoms with E-state index in [1.54, 1.807) is 6.92 Å². The molecule has 7 heteroatoms. The number of rotatable bonds is 5. The first-order chi connectivity index (χ1) is 8.78. The molecule has 1 aromatic carbocycles. The van der Waals surface area contributed by atoms with Gasteiger partial charge >= 0.3 is 6.18 Å². The molecule has 0 saturated carbocycles. The van der Waals surface area contributed by atoms with E-state index in [0.29, 0.717) is 4.47 Å². The summed E-state index contributed by atoms with van der Waals surface area (Å²) in [5.41, 5.74) is -2.18. The number of anilines is 1. The lowest BCUT2D eigenvalue weighted by Crippen LogP contribution is -2.45. The third-order valence-electron chi connectivity index (χ3n) is 2.97. The summed E-state index contributed by atoms with van der Waals surface area (Å²) in [6.07, 6.45) is -4.23. The molecule has 3 N–H and O–H groups in total. The molecule has 0 unspecified atom stereocenters. The van der Waals surface area contributed by atoms with Crippen molar-refractivity contribution in [3.05, 3.63) is 28.2 Å². The molecule has 0 fully saturated rings. The maximum atomic E-state index is 12.9. The van der Waals surface area contributed by atoms with Crippen LogP contribution in [0.2, 0.25) is 0 Å². The summed E-state index contributed by atoms with van der Waals surface area (Å²) in [7, 11) is 0. The van der Waals surface area contributed by atoms with Crippen molar-refractivity contribution in [2.75, 3.05) is 18.5 Å². The van der Waals surface area contributed by atoms with E-state index in [9.17, 15) is 23.4 Å². The second-order valence-corrected chi connectivity index (χ2v) is 5.18. The van der Waals surface area contributed by atoms with E-state index < -0.39 is 30.5 Å². The van der Waals surface area contributed by atoms with Gasteiger partial charge in [-0.1, -0.05) is 22.9 Å². The molecule has 0 aliphatic rings. The number of nitrogens with one attached hydrogen (secondary N) is 1. The van der Waals surface area contributed by atoms with E-state index in [0.717, 1.165) is 6.07 Å². The van der Waals surface area contributed by atoms with Crippen LogP contribution in [0.25, 0.3) is 0 Å². The highest BCUT2D eigenvalue weighted by molar-refractivity contribution is 9.10. The SMILES string of the molecule is CCC(CO)(CO)Nc1ccc(Br)cc1C(F)(F)F. The second-order valence-electron chi connectivity index (χ2n) is 4.26. The van der Waals surface area contributed by atoms with Crippen LogP contribution in [0.3, 0.4) is 0 Å². The van der Waals surface area contributed by atoms with Crippen molar-refractivity contribution >= 4 is 21.6 Å². The fourth-order valence-corrected chi connectivity index (χ4v) is 1.95. The molecule has 0 amide bonds. The lowest BCUT2D eigenvalue weighted by molar-refractivity contribution is -0.137. The predicted molar refractivity (Wildman–Crippen MR) is 70.0 cm³/mol. The molecule has 0 atom stereocenters. The Morgan fingerprint density at radius 1 is 1.21 bits per heavy atom. The van der Waals surface area contributed by atoms with Gasteiger partial charge in [0, 0.05) is 10.2 Å². The fraction of sp³-hybridized carbons (Fsp3) is 0.500. The fourth-order valence-electron chi connectivity index (χ4n) is 1.59. The van der Waals surface area contributed by atoms with Crippen molar-refractivity contribution in [1.29, 1.82) is 0 Å². The van der Waals surface area contributed by atoms with Gasteiger partial charge in [0.15, 0.2) is 0 Å². The summed E-state index contributed by atoms with van der Waals surface area (Å²) >= 11 is 2.99. The average molecular weight is 342 g/mol. The lowest BCUT2D eigenvalue weighted by Gasteiger charge is -2.32. The van der Waals surface area contributed by atoms with Crippen molar-refractivity contribution < 1.29 is 23.4 Å². The highest BCUT2D eigenvalue weighted by Gasteiger charge is 2.36. The van der Waals surface area contributed by atoms with Crippen molar-refractivity contribution in [3.8, 4) is 0 Å². The zero-order chi connectivity index (χ0) is 14.7. The molecule has 3 nitrogen and oxygen atoms in total. The van der Waals surface area contributed by atoms with Crippen molar-refractivity contribution in [3.63, 3.8) is 0 Å². The number of hydrogen-bond donors (Lipinski definition) is 3. The Labute approximate surface area is 117 Å². The summed E-state index contributed by atoms with van der Waals surface area (Å²) in [5, 5.41) is 21.1. The van der Waals surface area contributed by atoms with Crippen LogP contribution in [-0.4, -0.2) is 29.0 Å². The van der Waals surface area contributed by atoms with Gasteiger partial charge in [-0.15, -0.1) is 0 Å². The number of aliphatic hydroxyl groups excluding tert-OH is 2. The van der Waals surface area contributed by atoms with Crippen molar-refractivity contribution in [2.45, 2.75) is 25.1 Å². The Morgan fingerprint density at radius 2 is 1.79 bits per heavy atom. The zero-order valence-electron chi connectivity index (χ0n) is 10.3. The molecule has 0 bridgehead atoms. The first-order valence-corrected chi connectivity index (χ1v) is 6.44. The highest BCUT2D eigenvalue weighted by atomic mass is 79.9. The molecule has 0 aliphatic carbocycles. The van der Waals surface area contributed by atoms with Crippen LogP contribution in [0.15, 0.2) is 22.7 Å². The van der Waals surface area contributed by atoms with Gasteiger partial charge in [0.25, 0.3) is 0 Å². The first-order valence-electron chi connectivity index (χ1n) is 5.64. The van der Waals surface area contributed by atoms with Gasteiger partial charge in [-0.2, -0.15) is 13.2 Å². The summed E-state index contributed by atoms with van der Waals surface area (Å²) in [5.74, 6) is 0. The van der Waals surface area contributed by atoms with Crippen LogP contribution in [0, 0.1) is 0 Å². The number of aliphatic hydroxyl groups is 2. The van der Waals surface area contributed by atoms with Crippen LogP contribution >= 0.6 is 15.9 Å². The molecule has 0 aromatic heterocycles. The molecule has 19 heavy (non-hydrogen) atoms. The number of alkyl halides is 3. The average Bonchev–Trinajstić information content (AvgIpc) is 2.37. The minimum absolute atomic E-state index is 0.166. The maximum absolute atomic E-state index is 12.9. The number of benzene rings is 1. The van der Waals surface area contributed by atoms with Crippen molar-refractivity contribution in [1.82, 2.24) is 0 Å². The minimum Gasteiger partial charge on any atom is -0.394 e. The van der Waals surface area contributed by atoms with Crippen LogP contribution in [0.4, 0.5) is 18.9 Å². The maximum Gasteiger partial charge on any atom is 0.418 e. The van der Waals surface area contributed by atoms with E-state index in [1.165, 1.54) is 12.1 Å². The van der Waals surface area contributed by atoms with Crippen LogP contribution in [-0.2, 0) is 6.18 Å². The lowest BCUT2D eigenvalue weighted by atomic mass is 9.97. The Bertz CT molecular complexity index is 425. The molecular weight excluding hydrogens is 327 g/mol. The van der Waals surface area contributed by atoms with E-state index in [2.05, 4.69) is 21.2 Å². The molecule has 0 heterocycles. The number of hydrogen-bond acceptors (Lipinski definition) is 3. The number of halogens is 4. The Hall–Kier alpha value is -0.790. The third-order valence-corrected chi connectivity index (χ3v) is 3.46. The largest absolute Gasteiger partial charge is 0.418 e. The van der Waals surface area contributed by atoms with Gasteiger partial charge in [0.2, 0.25) is 0 Å². The minimum atomic E-state index is -4.52. The molecule has 108 valence electrons. The van der Waals surface area contributed by atoms with Gasteiger partial charge in [0.05, 0.1) is 24.3 Å². The van der Waals surface area contributed by atoms with Gasteiger partial charge < -0.3 is 15.5 Å². The van der Waals surface area contributed by atoms with Gasteiger partial charge in [-0.25, -0.2) is 0 Å². The molecule has 0 saturated heterocycles. The standard InChI is InChI=1S/C12H15BrF3NO2/c1-2-11(6-18,7-19)17-10-4-3-8(13)5-9(10)12(14,15)16/h3-5,17-19H,2,6-7H2,1H3. The quantitative estimate of drug-likeness (QED) is 0.771. The summed E-state index contributed by atoms with van der Waals surface area (Å²) < 4.78 is 39.1. The first kappa shape index (κ1) is 16.3. The summed E-state index contributed by atoms with van der Waals surface area (Å²) in [6.45, 7) is 0.742. The van der Waals surface area contributed by atoms with Crippen LogP contribution < -0.4 is 5.32 Å². The topological polar surface area (TPSA) is 52.5 Å². The Kier molecular flexibility index (Phi) is 5.23. The van der Waals surface area contributed by atoms with Gasteiger partial charge in [0.1, 0.15) is 0 Å². The molecule has 0 spiro atoms. The Balaban J connectivity index is 3.21. The highest BCUT2D eigenvalue weighted by Crippen LogP contribution is 2.37. The molecule has 0 radical (unpaired) electrons. The molecule has 1 rings (SSSR count). The van der Waals surface area contributed by atoms with Gasteiger partial charge in [-0.3, -0.25) is 0 Å². The van der Waals surface area contributed by atoms with E-state index in [-0.39, 0.29) is 12.1 Å². The Morgan fingerprint density at radius 3 is 2.21 bits per heavy atom. The second kappa shape index (κ2) is 6.11. The normalized spacial score (nSPS) is 12.6. The molecule has 0 aliphatic heterocycles. The summed E-state index contributed by atoms with van der Waals surface area (Å²) in [4.78, 5) is 0. The smallest absolute Gasteiger partial charge is 0.394 e. The van der Waals surface area contributed by atoms with Crippen molar-refractivity contribution in [2.24, 2.45) is 0 Å². The molecular formula is C12H15BrF3NO2. The van der Waals surface area contributed by atoms with E-state index in [1.807, 2.05) is 0 Å². The van der Waals surface area contributed by atoms with Crippen LogP contribution in [0.5, 0.6) is 0 Å².